The van der Waals surface area contributed by atoms with Crippen molar-refractivity contribution < 1.29 is 18.0 Å². The highest BCUT2D eigenvalue weighted by Crippen LogP contribution is 2.22. The van der Waals surface area contributed by atoms with Crippen LogP contribution in [0.1, 0.15) is 30.1 Å². The zero-order chi connectivity index (χ0) is 20.9. The minimum Gasteiger partial charge on any atom is -0.326 e. The molecule has 0 atom stereocenters. The Bertz CT molecular complexity index is 951. The zero-order valence-electron chi connectivity index (χ0n) is 16.3. The second kappa shape index (κ2) is 9.19. The summed E-state index contributed by atoms with van der Waals surface area (Å²) in [5.41, 5.74) is 1.84. The highest BCUT2D eigenvalue weighted by Gasteiger charge is 2.30. The van der Waals surface area contributed by atoms with Crippen LogP contribution in [0.2, 0.25) is 0 Å². The molecule has 0 bridgehead atoms. The van der Waals surface area contributed by atoms with Crippen LogP contribution in [0, 0.1) is 5.92 Å². The molecular weight excluding hydrogens is 390 g/mol. The molecule has 3 rings (SSSR count). The Morgan fingerprint density at radius 1 is 0.931 bits per heavy atom. The van der Waals surface area contributed by atoms with Crippen LogP contribution in [0.4, 0.5) is 11.4 Å². The quantitative estimate of drug-likeness (QED) is 0.758. The van der Waals surface area contributed by atoms with E-state index in [1.54, 1.807) is 55.5 Å². The van der Waals surface area contributed by atoms with Crippen LogP contribution in [0.3, 0.4) is 0 Å². The average Bonchev–Trinajstić information content (AvgIpc) is 2.75. The maximum Gasteiger partial charge on any atom is 0.255 e. The van der Waals surface area contributed by atoms with Crippen molar-refractivity contribution in [3.05, 3.63) is 60.2 Å². The third-order valence-corrected chi connectivity index (χ3v) is 6.91. The molecule has 2 amide bonds. The fraction of sp³-hybridized carbons (Fsp3) is 0.333. The van der Waals surface area contributed by atoms with E-state index in [-0.39, 0.29) is 23.5 Å². The molecule has 1 heterocycles. The van der Waals surface area contributed by atoms with Gasteiger partial charge in [-0.05, 0) is 56.2 Å². The van der Waals surface area contributed by atoms with Gasteiger partial charge >= 0.3 is 0 Å². The molecule has 29 heavy (non-hydrogen) atoms. The Morgan fingerprint density at radius 3 is 2.03 bits per heavy atom. The van der Waals surface area contributed by atoms with Gasteiger partial charge < -0.3 is 10.6 Å². The molecule has 2 aromatic rings. The van der Waals surface area contributed by atoms with Gasteiger partial charge in [-0.1, -0.05) is 18.2 Å². The molecule has 0 aliphatic carbocycles. The Balaban J connectivity index is 1.52. The van der Waals surface area contributed by atoms with Gasteiger partial charge in [0.25, 0.3) is 5.91 Å². The zero-order valence-corrected chi connectivity index (χ0v) is 17.1. The van der Waals surface area contributed by atoms with Crippen molar-refractivity contribution in [1.29, 1.82) is 0 Å². The number of carbonyl (C=O) groups is 2. The number of nitrogens with one attached hydrogen (secondary N) is 2. The minimum absolute atomic E-state index is 0.0804. The monoisotopic (exact) mass is 415 g/mol. The van der Waals surface area contributed by atoms with Gasteiger partial charge in [0, 0.05) is 35.9 Å². The lowest BCUT2D eigenvalue weighted by Gasteiger charge is -2.30. The maximum atomic E-state index is 12.5. The molecule has 1 aliphatic heterocycles. The largest absolute Gasteiger partial charge is 0.326 e. The van der Waals surface area contributed by atoms with Crippen molar-refractivity contribution in [2.45, 2.75) is 19.8 Å². The predicted molar refractivity (Wildman–Crippen MR) is 113 cm³/mol. The van der Waals surface area contributed by atoms with Crippen LogP contribution in [0.5, 0.6) is 0 Å². The first-order valence-corrected chi connectivity index (χ1v) is 11.2. The number of anilines is 2. The molecule has 1 fully saturated rings. The lowest BCUT2D eigenvalue weighted by molar-refractivity contribution is -0.120. The van der Waals surface area contributed by atoms with Crippen LogP contribution in [-0.4, -0.2) is 43.4 Å². The van der Waals surface area contributed by atoms with E-state index in [4.69, 9.17) is 0 Å². The second-order valence-corrected chi connectivity index (χ2v) is 9.22. The number of nitrogens with zero attached hydrogens (tertiary/aromatic N) is 1. The van der Waals surface area contributed by atoms with Crippen molar-refractivity contribution in [1.82, 2.24) is 4.31 Å². The first kappa shape index (κ1) is 21.0. The van der Waals surface area contributed by atoms with E-state index in [1.165, 1.54) is 4.31 Å². The summed E-state index contributed by atoms with van der Waals surface area (Å²) in [7, 11) is -3.20. The summed E-state index contributed by atoms with van der Waals surface area (Å²) in [6, 6.07) is 15.8. The first-order chi connectivity index (χ1) is 13.9. The number of hydrogen-bond donors (Lipinski definition) is 2. The molecule has 0 aromatic heterocycles. The van der Waals surface area contributed by atoms with Crippen LogP contribution in [-0.2, 0) is 14.8 Å². The van der Waals surface area contributed by atoms with Crippen molar-refractivity contribution in [3.8, 4) is 0 Å². The number of rotatable bonds is 6. The molecule has 0 unspecified atom stereocenters. The summed E-state index contributed by atoms with van der Waals surface area (Å²) in [5, 5.41) is 5.68. The Labute approximate surface area is 171 Å². The summed E-state index contributed by atoms with van der Waals surface area (Å²) in [6.45, 7) is 2.37. The van der Waals surface area contributed by atoms with Crippen LogP contribution < -0.4 is 10.6 Å². The molecule has 0 saturated carbocycles. The first-order valence-electron chi connectivity index (χ1n) is 9.64. The molecule has 8 heteroatoms. The van der Waals surface area contributed by atoms with Gasteiger partial charge in [0.1, 0.15) is 0 Å². The lowest BCUT2D eigenvalue weighted by atomic mass is 9.97. The van der Waals surface area contributed by atoms with E-state index in [9.17, 15) is 18.0 Å². The van der Waals surface area contributed by atoms with Crippen LogP contribution in [0.15, 0.2) is 54.6 Å². The highest BCUT2D eigenvalue weighted by molar-refractivity contribution is 7.89. The third kappa shape index (κ3) is 5.42. The van der Waals surface area contributed by atoms with E-state index < -0.39 is 10.0 Å². The molecule has 0 spiro atoms. The summed E-state index contributed by atoms with van der Waals surface area (Å²) in [4.78, 5) is 24.7. The van der Waals surface area contributed by atoms with Crippen LogP contribution >= 0.6 is 0 Å². The van der Waals surface area contributed by atoms with Crippen molar-refractivity contribution in [2.75, 3.05) is 29.5 Å². The number of sulfonamides is 1. The minimum atomic E-state index is -3.20. The molecule has 1 aliphatic rings. The number of amides is 2. The molecule has 2 N–H and O–H groups in total. The molecule has 1 saturated heterocycles. The number of benzene rings is 2. The van der Waals surface area contributed by atoms with Crippen molar-refractivity contribution >= 4 is 33.2 Å². The van der Waals surface area contributed by atoms with E-state index in [2.05, 4.69) is 10.6 Å². The number of hydrogen-bond acceptors (Lipinski definition) is 4. The van der Waals surface area contributed by atoms with Gasteiger partial charge in [-0.25, -0.2) is 12.7 Å². The molecule has 154 valence electrons. The maximum absolute atomic E-state index is 12.5. The van der Waals surface area contributed by atoms with Gasteiger partial charge in [-0.15, -0.1) is 0 Å². The number of carbonyl (C=O) groups excluding carboxylic acids is 2. The molecule has 0 radical (unpaired) electrons. The normalized spacial score (nSPS) is 15.6. The summed E-state index contributed by atoms with van der Waals surface area (Å²) >= 11 is 0. The summed E-state index contributed by atoms with van der Waals surface area (Å²) < 4.78 is 25.3. The Kier molecular flexibility index (Phi) is 6.66. The summed E-state index contributed by atoms with van der Waals surface area (Å²) in [5.74, 6) is -0.441. The lowest BCUT2D eigenvalue weighted by Crippen LogP contribution is -2.42. The van der Waals surface area contributed by atoms with E-state index in [0.717, 1.165) is 0 Å². The van der Waals surface area contributed by atoms with Gasteiger partial charge in [0.05, 0.1) is 5.75 Å². The third-order valence-electron chi connectivity index (χ3n) is 5.03. The average molecular weight is 416 g/mol. The molecule has 7 nitrogen and oxygen atoms in total. The standard InChI is InChI=1S/C21H25N3O4S/c1-2-29(27,28)24-14-12-17(13-15-24)21(26)23-19-10-8-18(9-11-19)22-20(25)16-6-4-3-5-7-16/h3-11,17H,2,12-15H2,1H3,(H,22,25)(H,23,26). The topological polar surface area (TPSA) is 95.6 Å². The fourth-order valence-electron chi connectivity index (χ4n) is 3.25. The van der Waals surface area contributed by atoms with Gasteiger partial charge in [-0.3, -0.25) is 9.59 Å². The fourth-order valence-corrected chi connectivity index (χ4v) is 4.39. The Hall–Kier alpha value is -2.71. The van der Waals surface area contributed by atoms with E-state index >= 15 is 0 Å². The van der Waals surface area contributed by atoms with Crippen molar-refractivity contribution in [2.24, 2.45) is 5.92 Å². The van der Waals surface area contributed by atoms with Crippen LogP contribution in [0.25, 0.3) is 0 Å². The number of piperidine rings is 1. The highest BCUT2D eigenvalue weighted by atomic mass is 32.2. The van der Waals surface area contributed by atoms with Gasteiger partial charge in [-0.2, -0.15) is 0 Å². The van der Waals surface area contributed by atoms with Crippen molar-refractivity contribution in [3.63, 3.8) is 0 Å². The molecular formula is C21H25N3O4S. The van der Waals surface area contributed by atoms with E-state index in [1.807, 2.05) is 6.07 Å². The van der Waals surface area contributed by atoms with E-state index in [0.29, 0.717) is 42.9 Å². The summed E-state index contributed by atoms with van der Waals surface area (Å²) in [6.07, 6.45) is 1.02. The SMILES string of the molecule is CCS(=O)(=O)N1CCC(C(=O)Nc2ccc(NC(=O)c3ccccc3)cc2)CC1. The predicted octanol–water partition coefficient (Wildman–Crippen LogP) is 2.94. The molecule has 2 aromatic carbocycles. The smallest absolute Gasteiger partial charge is 0.255 e. The Morgan fingerprint density at radius 2 is 1.48 bits per heavy atom. The van der Waals surface area contributed by atoms with Gasteiger partial charge in [0.2, 0.25) is 15.9 Å². The second-order valence-electron chi connectivity index (χ2n) is 6.96. The van der Waals surface area contributed by atoms with Gasteiger partial charge in [0.15, 0.2) is 0 Å².